The van der Waals surface area contributed by atoms with Crippen LogP contribution in [0.2, 0.25) is 0 Å². The fraction of sp³-hybridized carbons (Fsp3) is 0.500. The highest BCUT2D eigenvalue weighted by Crippen LogP contribution is 2.28. The zero-order valence-electron chi connectivity index (χ0n) is 5.24. The van der Waals surface area contributed by atoms with E-state index in [0.29, 0.717) is 6.10 Å². The number of aryl methyl sites for hydroxylation is 1. The average molecular weight is 124 g/mol. The summed E-state index contributed by atoms with van der Waals surface area (Å²) in [4.78, 5) is 3.97. The number of nitrogens with zero attached hydrogens (tertiary/aromatic N) is 2. The second-order valence-electron chi connectivity index (χ2n) is 2.25. The molecule has 1 unspecified atom stereocenters. The molecule has 2 heterocycles. The highest BCUT2D eigenvalue weighted by molar-refractivity contribution is 5.06. The van der Waals surface area contributed by atoms with E-state index in [4.69, 9.17) is 4.74 Å². The monoisotopic (exact) mass is 124 g/mol. The molecule has 1 aromatic heterocycles. The number of imidazole rings is 1. The van der Waals surface area contributed by atoms with Gasteiger partial charge in [0.2, 0.25) is 0 Å². The summed E-state index contributed by atoms with van der Waals surface area (Å²) in [5, 5.41) is 0. The van der Waals surface area contributed by atoms with Gasteiger partial charge in [-0.2, -0.15) is 0 Å². The summed E-state index contributed by atoms with van der Waals surface area (Å²) in [7, 11) is 1.98. The van der Waals surface area contributed by atoms with E-state index < -0.39 is 0 Å². The summed E-state index contributed by atoms with van der Waals surface area (Å²) in [5.74, 6) is 0. The molecule has 1 atom stereocenters. The van der Waals surface area contributed by atoms with Crippen LogP contribution in [0.15, 0.2) is 12.5 Å². The molecule has 1 fully saturated rings. The molecule has 0 radical (unpaired) electrons. The predicted molar refractivity (Wildman–Crippen MR) is 31.9 cm³/mol. The van der Waals surface area contributed by atoms with Crippen molar-refractivity contribution in [2.45, 2.75) is 6.10 Å². The van der Waals surface area contributed by atoms with Crippen molar-refractivity contribution in [3.8, 4) is 0 Å². The van der Waals surface area contributed by atoms with Crippen molar-refractivity contribution in [3.63, 3.8) is 0 Å². The van der Waals surface area contributed by atoms with Gasteiger partial charge in [-0.25, -0.2) is 4.98 Å². The first-order valence-corrected chi connectivity index (χ1v) is 2.96. The smallest absolute Gasteiger partial charge is 0.122 e. The van der Waals surface area contributed by atoms with Crippen molar-refractivity contribution >= 4 is 0 Å². The van der Waals surface area contributed by atoms with Crippen molar-refractivity contribution in [2.75, 3.05) is 6.61 Å². The lowest BCUT2D eigenvalue weighted by molar-refractivity contribution is 0.407. The van der Waals surface area contributed by atoms with Crippen LogP contribution in [-0.2, 0) is 11.8 Å². The molecule has 1 aliphatic heterocycles. The van der Waals surface area contributed by atoms with Gasteiger partial charge >= 0.3 is 0 Å². The van der Waals surface area contributed by atoms with Crippen LogP contribution in [0.1, 0.15) is 11.8 Å². The van der Waals surface area contributed by atoms with Crippen LogP contribution in [0.5, 0.6) is 0 Å². The Kier molecular flexibility index (Phi) is 0.873. The minimum Gasteiger partial charge on any atom is -0.366 e. The quantitative estimate of drug-likeness (QED) is 0.510. The van der Waals surface area contributed by atoms with Crippen LogP contribution in [0.4, 0.5) is 0 Å². The molecule has 0 spiro atoms. The second-order valence-corrected chi connectivity index (χ2v) is 2.25. The summed E-state index contributed by atoms with van der Waals surface area (Å²) in [6.07, 6.45) is 3.96. The SMILES string of the molecule is Cn1cncc1C1CO1. The molecule has 3 nitrogen and oxygen atoms in total. The number of ether oxygens (including phenoxy) is 1. The fourth-order valence-corrected chi connectivity index (χ4v) is 0.897. The Bertz CT molecular complexity index is 215. The van der Waals surface area contributed by atoms with Crippen molar-refractivity contribution in [1.82, 2.24) is 9.55 Å². The van der Waals surface area contributed by atoms with E-state index in [0.717, 1.165) is 6.61 Å². The molecule has 1 saturated heterocycles. The van der Waals surface area contributed by atoms with Crippen LogP contribution < -0.4 is 0 Å². The van der Waals surface area contributed by atoms with Crippen molar-refractivity contribution in [1.29, 1.82) is 0 Å². The summed E-state index contributed by atoms with van der Waals surface area (Å²) in [6.45, 7) is 0.861. The maximum absolute atomic E-state index is 5.07. The first kappa shape index (κ1) is 4.99. The molecule has 0 aromatic carbocycles. The number of epoxide rings is 1. The molecule has 0 saturated carbocycles. The van der Waals surface area contributed by atoms with Crippen LogP contribution in [0, 0.1) is 0 Å². The third-order valence-corrected chi connectivity index (χ3v) is 1.52. The number of rotatable bonds is 1. The lowest BCUT2D eigenvalue weighted by Gasteiger charge is -1.92. The van der Waals surface area contributed by atoms with Crippen LogP contribution in [0.25, 0.3) is 0 Å². The summed E-state index contributed by atoms with van der Waals surface area (Å²) in [6, 6.07) is 0. The fourth-order valence-electron chi connectivity index (χ4n) is 0.897. The average Bonchev–Trinajstić information content (AvgIpc) is 2.58. The minimum atomic E-state index is 0.331. The first-order chi connectivity index (χ1) is 4.38. The standard InChI is InChI=1S/C6H8N2O/c1-8-4-7-2-5(8)6-3-9-6/h2,4,6H,3H2,1H3. The largest absolute Gasteiger partial charge is 0.366 e. The van der Waals surface area contributed by atoms with Gasteiger partial charge in [0.25, 0.3) is 0 Å². The summed E-state index contributed by atoms with van der Waals surface area (Å²) in [5.41, 5.74) is 1.18. The molecular weight excluding hydrogens is 116 g/mol. The maximum atomic E-state index is 5.07. The molecule has 0 aliphatic carbocycles. The molecule has 9 heavy (non-hydrogen) atoms. The zero-order chi connectivity index (χ0) is 6.27. The van der Waals surface area contributed by atoms with Gasteiger partial charge in [-0.1, -0.05) is 0 Å². The number of hydrogen-bond donors (Lipinski definition) is 0. The van der Waals surface area contributed by atoms with Crippen molar-refractivity contribution < 1.29 is 4.74 Å². The van der Waals surface area contributed by atoms with Gasteiger partial charge < -0.3 is 9.30 Å². The van der Waals surface area contributed by atoms with E-state index in [1.165, 1.54) is 5.69 Å². The molecule has 0 bridgehead atoms. The molecular formula is C6H8N2O. The Balaban J connectivity index is 2.35. The van der Waals surface area contributed by atoms with E-state index in [1.54, 1.807) is 6.33 Å². The lowest BCUT2D eigenvalue weighted by Crippen LogP contribution is -1.91. The first-order valence-electron chi connectivity index (χ1n) is 2.96. The van der Waals surface area contributed by atoms with Gasteiger partial charge in [0.1, 0.15) is 6.10 Å². The van der Waals surface area contributed by atoms with Gasteiger partial charge in [-0.05, 0) is 0 Å². The third-order valence-electron chi connectivity index (χ3n) is 1.52. The molecule has 0 amide bonds. The minimum absolute atomic E-state index is 0.331. The van der Waals surface area contributed by atoms with E-state index >= 15 is 0 Å². The van der Waals surface area contributed by atoms with Crippen molar-refractivity contribution in [2.24, 2.45) is 7.05 Å². The summed E-state index contributed by atoms with van der Waals surface area (Å²) >= 11 is 0. The van der Waals surface area contributed by atoms with E-state index in [2.05, 4.69) is 4.98 Å². The highest BCUT2D eigenvalue weighted by atomic mass is 16.6. The van der Waals surface area contributed by atoms with Crippen LogP contribution >= 0.6 is 0 Å². The van der Waals surface area contributed by atoms with Gasteiger partial charge in [0.15, 0.2) is 0 Å². The van der Waals surface area contributed by atoms with Gasteiger partial charge in [-0.3, -0.25) is 0 Å². The van der Waals surface area contributed by atoms with E-state index in [9.17, 15) is 0 Å². The third kappa shape index (κ3) is 0.733. The summed E-state index contributed by atoms with van der Waals surface area (Å²) < 4.78 is 7.06. The van der Waals surface area contributed by atoms with Gasteiger partial charge in [-0.15, -0.1) is 0 Å². The molecule has 1 aromatic rings. The lowest BCUT2D eigenvalue weighted by atomic mass is 10.4. The van der Waals surface area contributed by atoms with Crippen molar-refractivity contribution in [3.05, 3.63) is 18.2 Å². The predicted octanol–water partition coefficient (Wildman–Crippen LogP) is 0.491. The molecule has 2 rings (SSSR count). The highest BCUT2D eigenvalue weighted by Gasteiger charge is 2.26. The van der Waals surface area contributed by atoms with Gasteiger partial charge in [0, 0.05) is 7.05 Å². The Morgan fingerprint density at radius 3 is 3.11 bits per heavy atom. The topological polar surface area (TPSA) is 30.4 Å². The van der Waals surface area contributed by atoms with E-state index in [1.807, 2.05) is 17.8 Å². The molecule has 3 heteroatoms. The second kappa shape index (κ2) is 1.57. The normalized spacial score (nSPS) is 24.3. The Labute approximate surface area is 53.3 Å². The maximum Gasteiger partial charge on any atom is 0.122 e. The Morgan fingerprint density at radius 2 is 2.67 bits per heavy atom. The molecule has 0 N–H and O–H groups in total. The zero-order valence-corrected chi connectivity index (χ0v) is 5.24. The Hall–Kier alpha value is -0.830. The van der Waals surface area contributed by atoms with Crippen LogP contribution in [0.3, 0.4) is 0 Å². The molecule has 48 valence electrons. The van der Waals surface area contributed by atoms with Gasteiger partial charge in [0.05, 0.1) is 24.8 Å². The van der Waals surface area contributed by atoms with E-state index in [-0.39, 0.29) is 0 Å². The number of hydrogen-bond acceptors (Lipinski definition) is 2. The van der Waals surface area contributed by atoms with Crippen LogP contribution in [-0.4, -0.2) is 16.2 Å². The number of aromatic nitrogens is 2. The Morgan fingerprint density at radius 1 is 1.89 bits per heavy atom. The molecule has 1 aliphatic rings.